The molecule has 0 unspecified atom stereocenters. The minimum atomic E-state index is -0.329. The van der Waals surface area contributed by atoms with Crippen molar-refractivity contribution in [1.29, 1.82) is 0 Å². The number of thiophene rings is 1. The molecule has 1 aliphatic carbocycles. The van der Waals surface area contributed by atoms with Crippen LogP contribution in [0.1, 0.15) is 29.3 Å². The Labute approximate surface area is 170 Å². The number of hydrogen-bond donors (Lipinski definition) is 1. The Morgan fingerprint density at radius 2 is 2.25 bits per heavy atom. The topological polar surface area (TPSA) is 68.0 Å². The van der Waals surface area contributed by atoms with Crippen molar-refractivity contribution in [2.45, 2.75) is 38.0 Å². The first kappa shape index (κ1) is 19.1. The van der Waals surface area contributed by atoms with Gasteiger partial charge in [0.1, 0.15) is 5.82 Å². The second kappa shape index (κ2) is 8.45. The van der Waals surface area contributed by atoms with E-state index in [1.54, 1.807) is 29.5 Å². The average Bonchev–Trinajstić information content (AvgIpc) is 3.32. The molecule has 1 aromatic carbocycles. The molecule has 2 aromatic heterocycles. The molecule has 8 heteroatoms. The van der Waals surface area contributed by atoms with Crippen LogP contribution in [0.5, 0.6) is 0 Å². The van der Waals surface area contributed by atoms with Gasteiger partial charge in [0.25, 0.3) is 11.1 Å². The van der Waals surface area contributed by atoms with Crippen LogP contribution >= 0.6 is 23.1 Å². The van der Waals surface area contributed by atoms with Crippen molar-refractivity contribution in [3.8, 4) is 10.8 Å². The van der Waals surface area contributed by atoms with Crippen molar-refractivity contribution in [1.82, 2.24) is 15.5 Å². The summed E-state index contributed by atoms with van der Waals surface area (Å²) in [6, 6.07) is 8.53. The van der Waals surface area contributed by atoms with Crippen LogP contribution in [-0.4, -0.2) is 21.9 Å². The molecular weight excluding hydrogens is 397 g/mol. The lowest BCUT2D eigenvalue weighted by atomic mass is 9.90. The molecule has 1 atom stereocenters. The summed E-state index contributed by atoms with van der Waals surface area (Å²) < 4.78 is 19.3. The van der Waals surface area contributed by atoms with E-state index in [4.69, 9.17) is 4.42 Å². The Kier molecular flexibility index (Phi) is 5.77. The minimum absolute atomic E-state index is 0.133. The zero-order valence-corrected chi connectivity index (χ0v) is 17.0. The summed E-state index contributed by atoms with van der Waals surface area (Å²) in [7, 11) is 0. The maximum atomic E-state index is 13.6. The molecular formula is C20H20FN3O2S2. The van der Waals surface area contributed by atoms with E-state index in [0.29, 0.717) is 22.6 Å². The van der Waals surface area contributed by atoms with Crippen LogP contribution in [0.25, 0.3) is 10.8 Å². The fourth-order valence-corrected chi connectivity index (χ4v) is 4.92. The zero-order chi connectivity index (χ0) is 19.5. The fourth-order valence-electron chi connectivity index (χ4n) is 3.19. The predicted octanol–water partition coefficient (Wildman–Crippen LogP) is 4.47. The molecule has 1 N–H and O–H groups in total. The van der Waals surface area contributed by atoms with Crippen LogP contribution in [0.4, 0.5) is 4.39 Å². The van der Waals surface area contributed by atoms with Crippen molar-refractivity contribution < 1.29 is 13.6 Å². The first-order valence-electron chi connectivity index (χ1n) is 9.17. The van der Waals surface area contributed by atoms with Gasteiger partial charge in [-0.1, -0.05) is 36.9 Å². The quantitative estimate of drug-likeness (QED) is 0.600. The molecule has 0 saturated heterocycles. The number of rotatable bonds is 6. The first-order chi connectivity index (χ1) is 13.6. The second-order valence-corrected chi connectivity index (χ2v) is 9.00. The molecule has 4 rings (SSSR count). The van der Waals surface area contributed by atoms with Gasteiger partial charge in [-0.05, 0) is 42.9 Å². The van der Waals surface area contributed by atoms with Crippen molar-refractivity contribution in [2.24, 2.45) is 5.92 Å². The van der Waals surface area contributed by atoms with Crippen LogP contribution in [0, 0.1) is 11.7 Å². The van der Waals surface area contributed by atoms with Crippen molar-refractivity contribution in [3.63, 3.8) is 0 Å². The lowest BCUT2D eigenvalue weighted by molar-refractivity contribution is -0.118. The number of nitrogens with zero attached hydrogens (tertiary/aromatic N) is 2. The van der Waals surface area contributed by atoms with Crippen molar-refractivity contribution in [2.75, 3.05) is 5.75 Å². The highest BCUT2D eigenvalue weighted by Gasteiger charge is 2.21. The van der Waals surface area contributed by atoms with E-state index in [-0.39, 0.29) is 24.0 Å². The molecule has 0 radical (unpaired) electrons. The SMILES string of the molecule is C[C@@H]1CCc2sc(-c3nnc(SCC(=O)NCc4ccccc4F)o3)cc2C1. The summed E-state index contributed by atoms with van der Waals surface area (Å²) >= 11 is 2.89. The molecule has 0 spiro atoms. The third-order valence-electron chi connectivity index (χ3n) is 4.71. The van der Waals surface area contributed by atoms with Gasteiger partial charge >= 0.3 is 0 Å². The smallest absolute Gasteiger partial charge is 0.277 e. The Bertz CT molecular complexity index is 985. The van der Waals surface area contributed by atoms with E-state index < -0.39 is 0 Å². The molecule has 146 valence electrons. The highest BCUT2D eigenvalue weighted by molar-refractivity contribution is 7.99. The van der Waals surface area contributed by atoms with E-state index >= 15 is 0 Å². The number of carbonyl (C=O) groups is 1. The molecule has 0 saturated carbocycles. The highest BCUT2D eigenvalue weighted by atomic mass is 32.2. The number of carbonyl (C=O) groups excluding carboxylic acids is 1. The van der Waals surface area contributed by atoms with E-state index in [9.17, 15) is 9.18 Å². The van der Waals surface area contributed by atoms with Gasteiger partial charge in [0.2, 0.25) is 5.91 Å². The third-order valence-corrected chi connectivity index (χ3v) is 6.75. The summed E-state index contributed by atoms with van der Waals surface area (Å²) in [6.45, 7) is 2.43. The van der Waals surface area contributed by atoms with E-state index in [1.807, 2.05) is 0 Å². The number of aryl methyl sites for hydroxylation is 1. The maximum Gasteiger partial charge on any atom is 0.277 e. The largest absolute Gasteiger partial charge is 0.410 e. The summed E-state index contributed by atoms with van der Waals surface area (Å²) in [4.78, 5) is 14.4. The number of halogens is 1. The van der Waals surface area contributed by atoms with Gasteiger partial charge in [0.05, 0.1) is 10.6 Å². The van der Waals surface area contributed by atoms with E-state index in [1.165, 1.54) is 34.7 Å². The zero-order valence-electron chi connectivity index (χ0n) is 15.4. The summed E-state index contributed by atoms with van der Waals surface area (Å²) in [5.41, 5.74) is 1.84. The number of aromatic nitrogens is 2. The van der Waals surface area contributed by atoms with Gasteiger partial charge in [0.15, 0.2) is 0 Å². The second-order valence-electron chi connectivity index (χ2n) is 6.94. The van der Waals surface area contributed by atoms with Crippen LogP contribution in [0.2, 0.25) is 0 Å². The number of hydrogen-bond acceptors (Lipinski definition) is 6. The van der Waals surface area contributed by atoms with Gasteiger partial charge < -0.3 is 9.73 Å². The lowest BCUT2D eigenvalue weighted by Gasteiger charge is -2.16. The Morgan fingerprint density at radius 3 is 3.11 bits per heavy atom. The number of amides is 1. The fraction of sp³-hybridized carbons (Fsp3) is 0.350. The molecule has 3 aromatic rings. The minimum Gasteiger partial charge on any atom is -0.410 e. The van der Waals surface area contributed by atoms with Crippen molar-refractivity contribution in [3.05, 3.63) is 52.2 Å². The molecule has 2 heterocycles. The summed E-state index contributed by atoms with van der Waals surface area (Å²) in [5, 5.41) is 11.2. The van der Waals surface area contributed by atoms with E-state index in [0.717, 1.165) is 17.7 Å². The lowest BCUT2D eigenvalue weighted by Crippen LogP contribution is -2.25. The van der Waals surface area contributed by atoms with Gasteiger partial charge in [-0.2, -0.15) is 0 Å². The Balaban J connectivity index is 1.31. The number of thioether (sulfide) groups is 1. The molecule has 0 fully saturated rings. The highest BCUT2D eigenvalue weighted by Crippen LogP contribution is 2.37. The molecule has 1 aliphatic rings. The average molecular weight is 418 g/mol. The van der Waals surface area contributed by atoms with Crippen molar-refractivity contribution >= 4 is 29.0 Å². The van der Waals surface area contributed by atoms with Crippen LogP contribution in [-0.2, 0) is 24.2 Å². The predicted molar refractivity (Wildman–Crippen MR) is 108 cm³/mol. The normalized spacial score (nSPS) is 16.0. The van der Waals surface area contributed by atoms with Crippen LogP contribution in [0.3, 0.4) is 0 Å². The summed E-state index contributed by atoms with van der Waals surface area (Å²) in [5.74, 6) is 0.806. The van der Waals surface area contributed by atoms with Gasteiger partial charge in [0, 0.05) is 17.0 Å². The van der Waals surface area contributed by atoms with Gasteiger partial charge in [-0.15, -0.1) is 21.5 Å². The van der Waals surface area contributed by atoms with Gasteiger partial charge in [-0.3, -0.25) is 4.79 Å². The number of nitrogens with one attached hydrogen (secondary N) is 1. The molecule has 1 amide bonds. The molecule has 0 aliphatic heterocycles. The molecule has 0 bridgehead atoms. The summed E-state index contributed by atoms with van der Waals surface area (Å²) in [6.07, 6.45) is 3.43. The van der Waals surface area contributed by atoms with Gasteiger partial charge in [-0.25, -0.2) is 4.39 Å². The first-order valence-corrected chi connectivity index (χ1v) is 11.0. The third kappa shape index (κ3) is 4.44. The number of benzene rings is 1. The standard InChI is InChI=1S/C20H20FN3O2S2/c1-12-6-7-16-14(8-12)9-17(28-16)19-23-24-20(26-19)27-11-18(25)22-10-13-4-2-3-5-15(13)21/h2-5,9,12H,6-8,10-11H2,1H3,(H,22,25)/t12-/m1/s1. The molecule has 5 nitrogen and oxygen atoms in total. The molecule has 28 heavy (non-hydrogen) atoms. The van der Waals surface area contributed by atoms with E-state index in [2.05, 4.69) is 28.5 Å². The maximum absolute atomic E-state index is 13.6. The monoisotopic (exact) mass is 417 g/mol. The van der Waals surface area contributed by atoms with Crippen LogP contribution in [0.15, 0.2) is 40.0 Å². The Hall–Kier alpha value is -2.19. The Morgan fingerprint density at radius 1 is 1.39 bits per heavy atom. The van der Waals surface area contributed by atoms with Crippen LogP contribution < -0.4 is 5.32 Å². The number of fused-ring (bicyclic) bond motifs is 1.